The molecule has 6 heteroatoms. The van der Waals surface area contributed by atoms with Gasteiger partial charge in [-0.3, -0.25) is 0 Å². The minimum Gasteiger partial charge on any atom is -0.491 e. The van der Waals surface area contributed by atoms with Crippen LogP contribution in [0.5, 0.6) is 5.75 Å². The largest absolute Gasteiger partial charge is 0.491 e. The number of aromatic nitrogens is 2. The number of anilines is 1. The van der Waals surface area contributed by atoms with E-state index >= 15 is 0 Å². The molecule has 0 bridgehead atoms. The van der Waals surface area contributed by atoms with Crippen molar-refractivity contribution in [1.82, 2.24) is 10.1 Å². The first-order valence-corrected chi connectivity index (χ1v) is 8.80. The van der Waals surface area contributed by atoms with Gasteiger partial charge in [0, 0.05) is 28.9 Å². The van der Waals surface area contributed by atoms with Crippen LogP contribution in [0.15, 0.2) is 40.9 Å². The number of ether oxygens (including phenoxy) is 1. The highest BCUT2D eigenvalue weighted by molar-refractivity contribution is 5.68. The van der Waals surface area contributed by atoms with Gasteiger partial charge in [0.05, 0.1) is 6.10 Å². The Balaban J connectivity index is 1.71. The molecule has 1 heterocycles. The van der Waals surface area contributed by atoms with E-state index in [0.29, 0.717) is 23.2 Å². The molecular weight excluding hydrogens is 328 g/mol. The van der Waals surface area contributed by atoms with Gasteiger partial charge in [0.25, 0.3) is 5.89 Å². The summed E-state index contributed by atoms with van der Waals surface area (Å²) >= 11 is 0. The molecule has 4 rings (SSSR count). The first-order valence-electron chi connectivity index (χ1n) is 8.80. The van der Waals surface area contributed by atoms with Crippen LogP contribution < -0.4 is 16.2 Å². The monoisotopic (exact) mass is 350 g/mol. The van der Waals surface area contributed by atoms with Crippen molar-refractivity contribution in [3.63, 3.8) is 0 Å². The predicted molar refractivity (Wildman–Crippen MR) is 101 cm³/mol. The maximum Gasteiger partial charge on any atom is 0.258 e. The summed E-state index contributed by atoms with van der Waals surface area (Å²) < 4.78 is 11.2. The molecule has 0 aliphatic heterocycles. The number of nitrogen functional groups attached to an aromatic ring is 1. The molecule has 1 aliphatic carbocycles. The molecule has 0 saturated heterocycles. The summed E-state index contributed by atoms with van der Waals surface area (Å²) in [5.74, 6) is 1.67. The molecule has 0 spiro atoms. The van der Waals surface area contributed by atoms with Gasteiger partial charge in [0.15, 0.2) is 0 Å². The van der Waals surface area contributed by atoms with Crippen molar-refractivity contribution in [2.24, 2.45) is 5.73 Å². The van der Waals surface area contributed by atoms with Gasteiger partial charge in [0.2, 0.25) is 5.82 Å². The van der Waals surface area contributed by atoms with Crippen LogP contribution in [-0.4, -0.2) is 16.2 Å². The third kappa shape index (κ3) is 3.04. The van der Waals surface area contributed by atoms with E-state index in [2.05, 4.69) is 16.2 Å². The molecule has 1 aromatic heterocycles. The van der Waals surface area contributed by atoms with E-state index in [1.54, 1.807) is 12.1 Å². The quantitative estimate of drug-likeness (QED) is 0.696. The van der Waals surface area contributed by atoms with Crippen LogP contribution in [0.4, 0.5) is 5.69 Å². The smallest absolute Gasteiger partial charge is 0.258 e. The van der Waals surface area contributed by atoms with Crippen LogP contribution in [0.25, 0.3) is 22.8 Å². The van der Waals surface area contributed by atoms with Crippen molar-refractivity contribution in [1.29, 1.82) is 0 Å². The fourth-order valence-corrected chi connectivity index (χ4v) is 3.43. The molecule has 1 atom stereocenters. The maximum absolute atomic E-state index is 6.17. The van der Waals surface area contributed by atoms with Gasteiger partial charge in [-0.15, -0.1) is 0 Å². The molecule has 0 fully saturated rings. The molecule has 0 unspecified atom stereocenters. The minimum atomic E-state index is 0.0546. The highest BCUT2D eigenvalue weighted by atomic mass is 16.5. The third-order valence-corrected chi connectivity index (χ3v) is 4.53. The highest BCUT2D eigenvalue weighted by Gasteiger charge is 2.24. The number of fused-ring (bicyclic) bond motifs is 1. The lowest BCUT2D eigenvalue weighted by molar-refractivity contribution is 0.242. The SMILES string of the molecule is CC(C)Oc1cc(N)cc(-c2nc(-c3cccc4c3CC[C@@H]4N)no2)c1. The van der Waals surface area contributed by atoms with Crippen molar-refractivity contribution in [3.05, 3.63) is 47.5 Å². The summed E-state index contributed by atoms with van der Waals surface area (Å²) in [6, 6.07) is 11.6. The van der Waals surface area contributed by atoms with Gasteiger partial charge in [-0.2, -0.15) is 4.98 Å². The van der Waals surface area contributed by atoms with Crippen LogP contribution in [0.2, 0.25) is 0 Å². The van der Waals surface area contributed by atoms with E-state index in [4.69, 9.17) is 20.7 Å². The third-order valence-electron chi connectivity index (χ3n) is 4.53. The number of rotatable bonds is 4. The number of nitrogens with two attached hydrogens (primary N) is 2. The lowest BCUT2D eigenvalue weighted by Crippen LogP contribution is -2.06. The average Bonchev–Trinajstić information content (AvgIpc) is 3.21. The van der Waals surface area contributed by atoms with E-state index in [-0.39, 0.29) is 12.1 Å². The Morgan fingerprint density at radius 1 is 1.23 bits per heavy atom. The van der Waals surface area contributed by atoms with Crippen molar-refractivity contribution < 1.29 is 9.26 Å². The highest BCUT2D eigenvalue weighted by Crippen LogP contribution is 2.36. The molecule has 0 amide bonds. The molecule has 0 saturated carbocycles. The fourth-order valence-electron chi connectivity index (χ4n) is 3.43. The van der Waals surface area contributed by atoms with Crippen LogP contribution in [0.3, 0.4) is 0 Å². The van der Waals surface area contributed by atoms with Crippen LogP contribution in [0.1, 0.15) is 37.4 Å². The van der Waals surface area contributed by atoms with Crippen LogP contribution in [-0.2, 0) is 6.42 Å². The second kappa shape index (κ2) is 6.46. The standard InChI is InChI=1S/C20H22N4O2/c1-11(2)25-14-9-12(8-13(21)10-14)20-23-19(24-26-20)17-5-3-4-16-15(17)6-7-18(16)22/h3-5,8-11,18H,6-7,21-22H2,1-2H3/t18-/m0/s1. The summed E-state index contributed by atoms with van der Waals surface area (Å²) in [4.78, 5) is 4.58. The second-order valence-corrected chi connectivity index (χ2v) is 6.90. The Morgan fingerprint density at radius 2 is 2.08 bits per heavy atom. The molecule has 2 aromatic carbocycles. The predicted octanol–water partition coefficient (Wildman–Crippen LogP) is 3.72. The lowest BCUT2D eigenvalue weighted by atomic mass is 10.0. The average molecular weight is 350 g/mol. The number of hydrogen-bond acceptors (Lipinski definition) is 6. The van der Waals surface area contributed by atoms with Crippen molar-refractivity contribution in [2.45, 2.75) is 38.8 Å². The maximum atomic E-state index is 6.17. The molecule has 3 aromatic rings. The van der Waals surface area contributed by atoms with Crippen molar-refractivity contribution in [2.75, 3.05) is 5.73 Å². The molecule has 0 radical (unpaired) electrons. The summed E-state index contributed by atoms with van der Waals surface area (Å²) in [6.07, 6.45) is 1.93. The summed E-state index contributed by atoms with van der Waals surface area (Å²) in [5.41, 5.74) is 16.9. The fraction of sp³-hybridized carbons (Fsp3) is 0.300. The number of hydrogen-bond donors (Lipinski definition) is 2. The van der Waals surface area contributed by atoms with E-state index in [1.165, 1.54) is 11.1 Å². The summed E-state index contributed by atoms with van der Waals surface area (Å²) in [7, 11) is 0. The van der Waals surface area contributed by atoms with Gasteiger partial charge < -0.3 is 20.7 Å². The Kier molecular flexibility index (Phi) is 4.12. The second-order valence-electron chi connectivity index (χ2n) is 6.90. The normalized spacial score (nSPS) is 16.1. The van der Waals surface area contributed by atoms with Crippen molar-refractivity contribution in [3.8, 4) is 28.6 Å². The molecular formula is C20H22N4O2. The summed E-state index contributed by atoms with van der Waals surface area (Å²) in [5, 5.41) is 4.18. The molecule has 4 N–H and O–H groups in total. The number of nitrogens with zero attached hydrogens (tertiary/aromatic N) is 2. The van der Waals surface area contributed by atoms with Crippen LogP contribution in [0, 0.1) is 0 Å². The Morgan fingerprint density at radius 3 is 2.88 bits per heavy atom. The topological polar surface area (TPSA) is 100 Å². The van der Waals surface area contributed by atoms with Gasteiger partial charge in [-0.25, -0.2) is 0 Å². The van der Waals surface area contributed by atoms with E-state index < -0.39 is 0 Å². The summed E-state index contributed by atoms with van der Waals surface area (Å²) in [6.45, 7) is 3.93. The van der Waals surface area contributed by atoms with E-state index in [9.17, 15) is 0 Å². The zero-order valence-corrected chi connectivity index (χ0v) is 14.9. The van der Waals surface area contributed by atoms with Gasteiger partial charge in [-0.1, -0.05) is 23.4 Å². The Labute approximate surface area is 152 Å². The molecule has 1 aliphatic rings. The zero-order valence-electron chi connectivity index (χ0n) is 14.9. The van der Waals surface area contributed by atoms with Crippen molar-refractivity contribution >= 4 is 5.69 Å². The Bertz CT molecular complexity index is 949. The van der Waals surface area contributed by atoms with E-state index in [1.807, 2.05) is 32.0 Å². The first kappa shape index (κ1) is 16.6. The first-order chi connectivity index (χ1) is 12.5. The molecule has 134 valence electrons. The minimum absolute atomic E-state index is 0.0546. The van der Waals surface area contributed by atoms with E-state index in [0.717, 1.165) is 24.0 Å². The Hall–Kier alpha value is -2.86. The van der Waals surface area contributed by atoms with Gasteiger partial charge in [0.1, 0.15) is 5.75 Å². The molecule has 26 heavy (non-hydrogen) atoms. The van der Waals surface area contributed by atoms with Gasteiger partial charge >= 0.3 is 0 Å². The number of benzene rings is 2. The van der Waals surface area contributed by atoms with Crippen LogP contribution >= 0.6 is 0 Å². The lowest BCUT2D eigenvalue weighted by Gasteiger charge is -2.11. The molecule has 6 nitrogen and oxygen atoms in total. The zero-order chi connectivity index (χ0) is 18.3. The van der Waals surface area contributed by atoms with Gasteiger partial charge in [-0.05, 0) is 49.9 Å².